The number of halogens is 3. The Morgan fingerprint density at radius 2 is 1.65 bits per heavy atom. The van der Waals surface area contributed by atoms with E-state index in [9.17, 15) is 13.2 Å². The minimum atomic E-state index is -4.62. The normalized spacial score (nSPS) is 17.1. The van der Waals surface area contributed by atoms with Crippen LogP contribution in [0.4, 0.5) is 18.9 Å². The van der Waals surface area contributed by atoms with Crippen LogP contribution >= 0.6 is 0 Å². The lowest BCUT2D eigenvalue weighted by atomic mass is 10.2. The van der Waals surface area contributed by atoms with Gasteiger partial charge in [0, 0.05) is 11.7 Å². The van der Waals surface area contributed by atoms with Crippen molar-refractivity contribution in [2.45, 2.75) is 38.1 Å². The Hall–Kier alpha value is -1.39. The first-order valence-electron chi connectivity index (χ1n) is 5.65. The SMILES string of the molecule is FC(F)(F)Oc1ccc(NC2CCCC2)cc1. The standard InChI is InChI=1S/C12H14F3NO/c13-12(14,15)17-11-7-5-10(6-8-11)16-9-3-1-2-4-9/h5-9,16H,1-4H2. The third-order valence-electron chi connectivity index (χ3n) is 2.81. The molecule has 0 heterocycles. The first kappa shape index (κ1) is 12.1. The largest absolute Gasteiger partial charge is 0.573 e. The van der Waals surface area contributed by atoms with Crippen molar-refractivity contribution in [1.29, 1.82) is 0 Å². The highest BCUT2D eigenvalue weighted by molar-refractivity contribution is 5.47. The van der Waals surface area contributed by atoms with E-state index in [1.54, 1.807) is 12.1 Å². The summed E-state index contributed by atoms with van der Waals surface area (Å²) in [6, 6.07) is 6.32. The number of hydrogen-bond donors (Lipinski definition) is 1. The Morgan fingerprint density at radius 1 is 1.06 bits per heavy atom. The van der Waals surface area contributed by atoms with Gasteiger partial charge in [-0.25, -0.2) is 0 Å². The Balaban J connectivity index is 1.93. The summed E-state index contributed by atoms with van der Waals surface area (Å²) in [5, 5.41) is 3.29. The number of alkyl halides is 3. The van der Waals surface area contributed by atoms with E-state index in [2.05, 4.69) is 10.1 Å². The number of hydrogen-bond acceptors (Lipinski definition) is 2. The molecule has 0 unspecified atom stereocenters. The highest BCUT2D eigenvalue weighted by Crippen LogP contribution is 2.26. The first-order chi connectivity index (χ1) is 8.03. The molecule has 1 aliphatic rings. The molecule has 0 aromatic heterocycles. The van der Waals surface area contributed by atoms with Crippen molar-refractivity contribution in [3.05, 3.63) is 24.3 Å². The topological polar surface area (TPSA) is 21.3 Å². The molecule has 1 fully saturated rings. The van der Waals surface area contributed by atoms with Gasteiger partial charge in [-0.3, -0.25) is 0 Å². The molecule has 0 saturated heterocycles. The van der Waals surface area contributed by atoms with Gasteiger partial charge in [-0.05, 0) is 37.1 Å². The van der Waals surface area contributed by atoms with Crippen molar-refractivity contribution in [2.75, 3.05) is 5.32 Å². The van der Waals surface area contributed by atoms with E-state index in [1.165, 1.54) is 25.0 Å². The van der Waals surface area contributed by atoms with Gasteiger partial charge in [0.1, 0.15) is 5.75 Å². The predicted octanol–water partition coefficient (Wildman–Crippen LogP) is 3.94. The zero-order chi connectivity index (χ0) is 12.3. The van der Waals surface area contributed by atoms with Crippen LogP contribution in [0, 0.1) is 0 Å². The summed E-state index contributed by atoms with van der Waals surface area (Å²) < 4.78 is 39.6. The molecule has 0 aliphatic heterocycles. The van der Waals surface area contributed by atoms with Crippen LogP contribution in [0.2, 0.25) is 0 Å². The molecule has 94 valence electrons. The summed E-state index contributed by atoms with van der Waals surface area (Å²) in [5.74, 6) is -0.186. The average Bonchev–Trinajstić information content (AvgIpc) is 2.71. The zero-order valence-corrected chi connectivity index (χ0v) is 9.26. The Labute approximate surface area is 97.8 Å². The lowest BCUT2D eigenvalue weighted by Crippen LogP contribution is -2.17. The van der Waals surface area contributed by atoms with Crippen LogP contribution in [0.5, 0.6) is 5.75 Å². The van der Waals surface area contributed by atoms with Gasteiger partial charge in [-0.2, -0.15) is 0 Å². The van der Waals surface area contributed by atoms with Crippen LogP contribution in [0.3, 0.4) is 0 Å². The summed E-state index contributed by atoms with van der Waals surface area (Å²) in [4.78, 5) is 0. The maximum atomic E-state index is 11.9. The maximum absolute atomic E-state index is 11.9. The second-order valence-corrected chi connectivity index (χ2v) is 4.20. The fourth-order valence-electron chi connectivity index (χ4n) is 2.06. The molecule has 2 nitrogen and oxygen atoms in total. The molecule has 0 atom stereocenters. The lowest BCUT2D eigenvalue weighted by molar-refractivity contribution is -0.274. The van der Waals surface area contributed by atoms with Crippen LogP contribution in [-0.4, -0.2) is 12.4 Å². The Kier molecular flexibility index (Phi) is 3.45. The smallest absolute Gasteiger partial charge is 0.406 e. The molecule has 2 rings (SSSR count). The third kappa shape index (κ3) is 3.84. The van der Waals surface area contributed by atoms with Crippen LogP contribution in [-0.2, 0) is 0 Å². The van der Waals surface area contributed by atoms with Gasteiger partial charge < -0.3 is 10.1 Å². The second-order valence-electron chi connectivity index (χ2n) is 4.20. The molecule has 0 radical (unpaired) electrons. The molecule has 1 N–H and O–H groups in total. The van der Waals surface area contributed by atoms with Crippen molar-refractivity contribution < 1.29 is 17.9 Å². The fraction of sp³-hybridized carbons (Fsp3) is 0.500. The van der Waals surface area contributed by atoms with E-state index in [1.807, 2.05) is 0 Å². The molecule has 0 spiro atoms. The summed E-state index contributed by atoms with van der Waals surface area (Å²) in [6.45, 7) is 0. The number of nitrogens with one attached hydrogen (secondary N) is 1. The monoisotopic (exact) mass is 245 g/mol. The molecule has 0 amide bonds. The first-order valence-corrected chi connectivity index (χ1v) is 5.65. The van der Waals surface area contributed by atoms with Gasteiger partial charge in [0.2, 0.25) is 0 Å². The van der Waals surface area contributed by atoms with Gasteiger partial charge in [0.25, 0.3) is 0 Å². The van der Waals surface area contributed by atoms with E-state index in [-0.39, 0.29) is 5.75 Å². The van der Waals surface area contributed by atoms with Crippen molar-refractivity contribution in [3.63, 3.8) is 0 Å². The Morgan fingerprint density at radius 3 is 2.18 bits per heavy atom. The summed E-state index contributed by atoms with van der Waals surface area (Å²) in [6.07, 6.45) is 0.0574. The molecule has 1 saturated carbocycles. The number of ether oxygens (including phenoxy) is 1. The average molecular weight is 245 g/mol. The summed E-state index contributed by atoms with van der Waals surface area (Å²) in [7, 11) is 0. The quantitative estimate of drug-likeness (QED) is 0.870. The van der Waals surface area contributed by atoms with E-state index < -0.39 is 6.36 Å². The van der Waals surface area contributed by atoms with Gasteiger partial charge >= 0.3 is 6.36 Å². The highest BCUT2D eigenvalue weighted by atomic mass is 19.4. The molecular formula is C12H14F3NO. The maximum Gasteiger partial charge on any atom is 0.573 e. The molecule has 1 aromatic carbocycles. The number of anilines is 1. The molecule has 17 heavy (non-hydrogen) atoms. The lowest BCUT2D eigenvalue weighted by Gasteiger charge is -2.14. The van der Waals surface area contributed by atoms with E-state index in [0.717, 1.165) is 18.5 Å². The summed E-state index contributed by atoms with van der Waals surface area (Å²) in [5.41, 5.74) is 0.839. The van der Waals surface area contributed by atoms with E-state index >= 15 is 0 Å². The number of benzene rings is 1. The summed E-state index contributed by atoms with van der Waals surface area (Å²) >= 11 is 0. The van der Waals surface area contributed by atoms with Crippen LogP contribution in [0.1, 0.15) is 25.7 Å². The molecule has 5 heteroatoms. The van der Waals surface area contributed by atoms with Gasteiger partial charge in [-0.1, -0.05) is 12.8 Å². The van der Waals surface area contributed by atoms with Gasteiger partial charge in [0.05, 0.1) is 0 Å². The zero-order valence-electron chi connectivity index (χ0n) is 9.26. The third-order valence-corrected chi connectivity index (χ3v) is 2.81. The van der Waals surface area contributed by atoms with Crippen molar-refractivity contribution in [2.24, 2.45) is 0 Å². The van der Waals surface area contributed by atoms with E-state index in [0.29, 0.717) is 6.04 Å². The van der Waals surface area contributed by atoms with Crippen molar-refractivity contribution in [3.8, 4) is 5.75 Å². The van der Waals surface area contributed by atoms with Crippen molar-refractivity contribution >= 4 is 5.69 Å². The highest BCUT2D eigenvalue weighted by Gasteiger charge is 2.30. The van der Waals surface area contributed by atoms with Crippen LogP contribution in [0.15, 0.2) is 24.3 Å². The molecular weight excluding hydrogens is 231 g/mol. The Bertz CT molecular complexity index is 355. The van der Waals surface area contributed by atoms with E-state index in [4.69, 9.17) is 0 Å². The minimum absolute atomic E-state index is 0.186. The minimum Gasteiger partial charge on any atom is -0.406 e. The van der Waals surface area contributed by atoms with Crippen LogP contribution in [0.25, 0.3) is 0 Å². The van der Waals surface area contributed by atoms with Crippen molar-refractivity contribution in [1.82, 2.24) is 0 Å². The van der Waals surface area contributed by atoms with Crippen LogP contribution < -0.4 is 10.1 Å². The second kappa shape index (κ2) is 4.85. The van der Waals surface area contributed by atoms with Gasteiger partial charge in [0.15, 0.2) is 0 Å². The van der Waals surface area contributed by atoms with Gasteiger partial charge in [-0.15, -0.1) is 13.2 Å². The fourth-order valence-corrected chi connectivity index (χ4v) is 2.06. The number of rotatable bonds is 3. The molecule has 1 aromatic rings. The molecule has 1 aliphatic carbocycles. The molecule has 0 bridgehead atoms. The predicted molar refractivity (Wildman–Crippen MR) is 59.0 cm³/mol.